The largest absolute Gasteiger partial charge is 0.414 e. The van der Waals surface area contributed by atoms with Gasteiger partial charge < -0.3 is 8.94 Å². The topological polar surface area (TPSA) is 109 Å². The van der Waals surface area contributed by atoms with E-state index >= 15 is 0 Å². The third kappa shape index (κ3) is 4.22. The van der Waals surface area contributed by atoms with E-state index in [9.17, 15) is 0 Å². The molecule has 0 saturated carbocycles. The lowest BCUT2D eigenvalue weighted by molar-refractivity contribution is 0.386. The molecular formula is C17H17N7O2S. The van der Waals surface area contributed by atoms with Crippen molar-refractivity contribution >= 4 is 11.8 Å². The first-order chi connectivity index (χ1) is 13.2. The fraction of sp³-hybridized carbons (Fsp3) is 0.294. The lowest BCUT2D eigenvalue weighted by atomic mass is 10.0. The Kier molecular flexibility index (Phi) is 4.97. The molecule has 4 aromatic rings. The number of aromatic nitrogens is 7. The van der Waals surface area contributed by atoms with Gasteiger partial charge in [-0.25, -0.2) is 9.67 Å². The van der Waals surface area contributed by atoms with Gasteiger partial charge in [-0.05, 0) is 11.5 Å². The Morgan fingerprint density at radius 1 is 1.11 bits per heavy atom. The van der Waals surface area contributed by atoms with Crippen LogP contribution in [0.2, 0.25) is 0 Å². The van der Waals surface area contributed by atoms with Gasteiger partial charge in [0.15, 0.2) is 0 Å². The molecule has 9 nitrogen and oxygen atoms in total. The third-order valence-electron chi connectivity index (χ3n) is 3.83. The van der Waals surface area contributed by atoms with Crippen LogP contribution in [-0.4, -0.2) is 35.1 Å². The molecule has 0 unspecified atom stereocenters. The molecule has 1 aromatic carbocycles. The average Bonchev–Trinajstić information content (AvgIpc) is 3.43. The highest BCUT2D eigenvalue weighted by Gasteiger charge is 2.13. The zero-order valence-electron chi connectivity index (χ0n) is 14.8. The smallest absolute Gasteiger partial charge is 0.277 e. The Hall–Kier alpha value is -3.01. The minimum absolute atomic E-state index is 0.380. The van der Waals surface area contributed by atoms with E-state index < -0.39 is 0 Å². The highest BCUT2D eigenvalue weighted by atomic mass is 32.2. The maximum Gasteiger partial charge on any atom is 0.277 e. The average molecular weight is 383 g/mol. The van der Waals surface area contributed by atoms with E-state index in [1.165, 1.54) is 23.7 Å². The Morgan fingerprint density at radius 3 is 2.70 bits per heavy atom. The van der Waals surface area contributed by atoms with Gasteiger partial charge in [0.05, 0.1) is 5.75 Å². The van der Waals surface area contributed by atoms with Crippen LogP contribution < -0.4 is 0 Å². The molecule has 0 spiro atoms. The summed E-state index contributed by atoms with van der Waals surface area (Å²) in [5, 5.41) is 16.5. The lowest BCUT2D eigenvalue weighted by Crippen LogP contribution is -1.99. The zero-order valence-corrected chi connectivity index (χ0v) is 15.6. The zero-order chi connectivity index (χ0) is 18.6. The first-order valence-electron chi connectivity index (χ1n) is 8.38. The van der Waals surface area contributed by atoms with Crippen LogP contribution in [0.3, 0.4) is 0 Å². The number of thioether (sulfide) groups is 1. The Morgan fingerprint density at radius 2 is 1.96 bits per heavy atom. The quantitative estimate of drug-likeness (QED) is 0.444. The van der Waals surface area contributed by atoms with Gasteiger partial charge in [-0.3, -0.25) is 0 Å². The second kappa shape index (κ2) is 7.70. The van der Waals surface area contributed by atoms with Crippen molar-refractivity contribution in [3.05, 3.63) is 54.3 Å². The van der Waals surface area contributed by atoms with Crippen LogP contribution >= 0.6 is 11.8 Å². The van der Waals surface area contributed by atoms with Crippen LogP contribution in [0.5, 0.6) is 0 Å². The van der Waals surface area contributed by atoms with Gasteiger partial charge in [0.2, 0.25) is 17.6 Å². The molecule has 0 fully saturated rings. The molecule has 3 aromatic heterocycles. The fourth-order valence-corrected chi connectivity index (χ4v) is 3.00. The summed E-state index contributed by atoms with van der Waals surface area (Å²) in [5.41, 5.74) is 2.20. The summed E-state index contributed by atoms with van der Waals surface area (Å²) < 4.78 is 12.5. The van der Waals surface area contributed by atoms with E-state index in [1.54, 1.807) is 11.0 Å². The Balaban J connectivity index is 1.36. The predicted molar refractivity (Wildman–Crippen MR) is 96.8 cm³/mol. The number of benzene rings is 1. The van der Waals surface area contributed by atoms with Gasteiger partial charge in [-0.1, -0.05) is 55.0 Å². The summed E-state index contributed by atoms with van der Waals surface area (Å²) in [4.78, 5) is 8.30. The third-order valence-corrected chi connectivity index (χ3v) is 4.64. The van der Waals surface area contributed by atoms with Crippen LogP contribution in [0.15, 0.2) is 51.1 Å². The molecule has 0 bridgehead atoms. The van der Waals surface area contributed by atoms with Gasteiger partial charge in [-0.2, -0.15) is 10.1 Å². The van der Waals surface area contributed by atoms with Gasteiger partial charge >= 0.3 is 0 Å². The monoisotopic (exact) mass is 383 g/mol. The summed E-state index contributed by atoms with van der Waals surface area (Å²) in [6.07, 6.45) is 3.04. The number of hydrogen-bond acceptors (Lipinski definition) is 9. The normalized spacial score (nSPS) is 11.4. The molecule has 0 aliphatic rings. The molecule has 0 radical (unpaired) electrons. The lowest BCUT2D eigenvalue weighted by Gasteiger charge is -2.04. The molecule has 0 N–H and O–H groups in total. The van der Waals surface area contributed by atoms with E-state index in [2.05, 4.69) is 56.4 Å². The maximum absolute atomic E-state index is 5.57. The Bertz CT molecular complexity index is 993. The van der Waals surface area contributed by atoms with E-state index in [0.717, 1.165) is 5.56 Å². The van der Waals surface area contributed by atoms with Gasteiger partial charge in [0.1, 0.15) is 19.2 Å². The van der Waals surface area contributed by atoms with E-state index in [4.69, 9.17) is 8.94 Å². The molecule has 0 aliphatic carbocycles. The summed E-state index contributed by atoms with van der Waals surface area (Å²) in [6, 6.07) is 8.18. The van der Waals surface area contributed by atoms with Crippen LogP contribution in [0.4, 0.5) is 0 Å². The molecule has 0 atom stereocenters. The second-order valence-electron chi connectivity index (χ2n) is 6.13. The van der Waals surface area contributed by atoms with Crippen molar-refractivity contribution in [2.75, 3.05) is 0 Å². The number of hydrogen-bond donors (Lipinski definition) is 0. The second-order valence-corrected chi connectivity index (χ2v) is 7.06. The molecule has 4 rings (SSSR count). The first-order valence-corrected chi connectivity index (χ1v) is 9.36. The molecular weight excluding hydrogens is 366 g/mol. The summed E-state index contributed by atoms with van der Waals surface area (Å²) in [5.74, 6) is 2.46. The Labute approximate surface area is 159 Å². The highest BCUT2D eigenvalue weighted by Crippen LogP contribution is 2.24. The molecule has 0 amide bonds. The summed E-state index contributed by atoms with van der Waals surface area (Å²) in [7, 11) is 0. The highest BCUT2D eigenvalue weighted by molar-refractivity contribution is 7.98. The summed E-state index contributed by atoms with van der Waals surface area (Å²) >= 11 is 1.34. The fourth-order valence-electron chi connectivity index (χ4n) is 2.38. The van der Waals surface area contributed by atoms with Crippen molar-refractivity contribution in [1.82, 2.24) is 35.1 Å². The summed E-state index contributed by atoms with van der Waals surface area (Å²) in [6.45, 7) is 4.70. The van der Waals surface area contributed by atoms with Gasteiger partial charge in [-0.15, -0.1) is 10.2 Å². The maximum atomic E-state index is 5.57. The number of nitrogens with zero attached hydrogens (tertiary/aromatic N) is 7. The van der Waals surface area contributed by atoms with Crippen molar-refractivity contribution < 1.29 is 8.94 Å². The van der Waals surface area contributed by atoms with Crippen LogP contribution in [0.1, 0.15) is 37.1 Å². The minimum Gasteiger partial charge on any atom is -0.414 e. The molecule has 138 valence electrons. The molecule has 27 heavy (non-hydrogen) atoms. The molecule has 3 heterocycles. The first kappa shape index (κ1) is 17.4. The van der Waals surface area contributed by atoms with Crippen molar-refractivity contribution in [2.45, 2.75) is 37.3 Å². The SMILES string of the molecule is CC(C)c1ccc(-c2noc(CSc3nnc(Cn4cncn4)o3)n2)cc1. The molecule has 10 heteroatoms. The van der Waals surface area contributed by atoms with E-state index in [-0.39, 0.29) is 0 Å². The van der Waals surface area contributed by atoms with Gasteiger partial charge in [0, 0.05) is 5.56 Å². The predicted octanol–water partition coefficient (Wildman–Crippen LogP) is 3.18. The molecule has 0 saturated heterocycles. The van der Waals surface area contributed by atoms with Crippen LogP contribution in [0.25, 0.3) is 11.4 Å². The van der Waals surface area contributed by atoms with Crippen molar-refractivity contribution in [3.8, 4) is 11.4 Å². The van der Waals surface area contributed by atoms with E-state index in [1.807, 2.05) is 12.1 Å². The minimum atomic E-state index is 0.380. The van der Waals surface area contributed by atoms with Crippen molar-refractivity contribution in [3.63, 3.8) is 0 Å². The molecule has 0 aliphatic heterocycles. The van der Waals surface area contributed by atoms with Crippen LogP contribution in [0, 0.1) is 0 Å². The van der Waals surface area contributed by atoms with Crippen LogP contribution in [-0.2, 0) is 12.3 Å². The van der Waals surface area contributed by atoms with Gasteiger partial charge in [0.25, 0.3) is 5.22 Å². The van der Waals surface area contributed by atoms with E-state index in [0.29, 0.717) is 41.0 Å². The van der Waals surface area contributed by atoms with Crippen molar-refractivity contribution in [1.29, 1.82) is 0 Å². The van der Waals surface area contributed by atoms with Crippen molar-refractivity contribution in [2.24, 2.45) is 0 Å². The number of rotatable bonds is 7. The standard InChI is InChI=1S/C17H17N7O2S/c1-11(2)12-3-5-13(6-4-12)16-20-15(26-23-16)8-27-17-22-21-14(25-17)7-24-10-18-9-19-24/h3-6,9-11H,7-8H2,1-2H3.